The number of anilines is 2. The van der Waals surface area contributed by atoms with Gasteiger partial charge in [-0.05, 0) is 23.8 Å². The molecule has 2 aromatic rings. The molecule has 0 unspecified atom stereocenters. The van der Waals surface area contributed by atoms with Gasteiger partial charge in [0.15, 0.2) is 11.5 Å². The SMILES string of the molecule is OCCNc1ccnc(N2CCN(Cc3ccc4c(c3)OCO4)CC2)n1. The number of nitrogens with zero attached hydrogens (tertiary/aromatic N) is 4. The molecule has 0 spiro atoms. The lowest BCUT2D eigenvalue weighted by molar-refractivity contribution is 0.174. The molecule has 0 radical (unpaired) electrons. The molecule has 1 aromatic carbocycles. The largest absolute Gasteiger partial charge is 0.454 e. The van der Waals surface area contributed by atoms with Crippen LogP contribution in [0.1, 0.15) is 5.56 Å². The van der Waals surface area contributed by atoms with Crippen LogP contribution in [0.4, 0.5) is 11.8 Å². The van der Waals surface area contributed by atoms with Crippen molar-refractivity contribution in [3.63, 3.8) is 0 Å². The Morgan fingerprint density at radius 1 is 1.08 bits per heavy atom. The van der Waals surface area contributed by atoms with Gasteiger partial charge in [-0.3, -0.25) is 4.90 Å². The van der Waals surface area contributed by atoms with E-state index in [1.54, 1.807) is 6.20 Å². The fourth-order valence-electron chi connectivity index (χ4n) is 3.19. The fraction of sp³-hybridized carbons (Fsp3) is 0.444. The van der Waals surface area contributed by atoms with E-state index in [-0.39, 0.29) is 6.61 Å². The van der Waals surface area contributed by atoms with Crippen molar-refractivity contribution in [3.05, 3.63) is 36.0 Å². The summed E-state index contributed by atoms with van der Waals surface area (Å²) < 4.78 is 10.8. The summed E-state index contributed by atoms with van der Waals surface area (Å²) in [6, 6.07) is 7.95. The second kappa shape index (κ2) is 7.76. The summed E-state index contributed by atoms with van der Waals surface area (Å²) in [6.07, 6.45) is 1.75. The number of ether oxygens (including phenoxy) is 2. The average Bonchev–Trinajstić information content (AvgIpc) is 3.15. The minimum atomic E-state index is 0.0812. The molecular formula is C18H23N5O3. The molecule has 8 nitrogen and oxygen atoms in total. The second-order valence-corrected chi connectivity index (χ2v) is 6.34. The molecule has 4 rings (SSSR count). The molecule has 0 bridgehead atoms. The Balaban J connectivity index is 1.32. The van der Waals surface area contributed by atoms with Crippen LogP contribution in [0.15, 0.2) is 30.5 Å². The van der Waals surface area contributed by atoms with E-state index >= 15 is 0 Å². The molecule has 8 heteroatoms. The zero-order chi connectivity index (χ0) is 17.8. The highest BCUT2D eigenvalue weighted by atomic mass is 16.7. The van der Waals surface area contributed by atoms with E-state index in [1.807, 2.05) is 12.1 Å². The Labute approximate surface area is 152 Å². The Hall–Kier alpha value is -2.58. The highest BCUT2D eigenvalue weighted by Crippen LogP contribution is 2.32. The number of nitrogens with one attached hydrogen (secondary N) is 1. The van der Waals surface area contributed by atoms with Crippen LogP contribution in [0.5, 0.6) is 11.5 Å². The van der Waals surface area contributed by atoms with Gasteiger partial charge in [-0.25, -0.2) is 4.98 Å². The number of aromatic nitrogens is 2. The molecule has 2 aliphatic heterocycles. The van der Waals surface area contributed by atoms with Crippen LogP contribution in [0.25, 0.3) is 0 Å². The minimum Gasteiger partial charge on any atom is -0.454 e. The van der Waals surface area contributed by atoms with Crippen LogP contribution >= 0.6 is 0 Å². The van der Waals surface area contributed by atoms with Gasteiger partial charge < -0.3 is 24.8 Å². The average molecular weight is 357 g/mol. The number of benzene rings is 1. The summed E-state index contributed by atoms with van der Waals surface area (Å²) in [5.74, 6) is 3.13. The third kappa shape index (κ3) is 3.81. The normalized spacial score (nSPS) is 16.7. The fourth-order valence-corrected chi connectivity index (χ4v) is 3.19. The molecule has 3 heterocycles. The van der Waals surface area contributed by atoms with Gasteiger partial charge in [-0.2, -0.15) is 4.98 Å². The van der Waals surface area contributed by atoms with Crippen molar-refractivity contribution < 1.29 is 14.6 Å². The van der Waals surface area contributed by atoms with Crippen LogP contribution in [0.2, 0.25) is 0 Å². The Morgan fingerprint density at radius 3 is 2.77 bits per heavy atom. The molecule has 2 aliphatic rings. The maximum atomic E-state index is 8.91. The summed E-state index contributed by atoms with van der Waals surface area (Å²) in [7, 11) is 0. The Morgan fingerprint density at radius 2 is 1.92 bits per heavy atom. The highest BCUT2D eigenvalue weighted by Gasteiger charge is 2.20. The van der Waals surface area contributed by atoms with Crippen LogP contribution in [0, 0.1) is 0 Å². The van der Waals surface area contributed by atoms with E-state index in [1.165, 1.54) is 5.56 Å². The van der Waals surface area contributed by atoms with Crippen LogP contribution < -0.4 is 19.7 Å². The van der Waals surface area contributed by atoms with Gasteiger partial charge in [0, 0.05) is 45.5 Å². The Bertz CT molecular complexity index is 749. The molecule has 0 atom stereocenters. The number of piperazine rings is 1. The number of aliphatic hydroxyl groups excluding tert-OH is 1. The minimum absolute atomic E-state index is 0.0812. The smallest absolute Gasteiger partial charge is 0.231 e. The standard InChI is InChI=1S/C18H23N5O3/c24-10-5-19-17-3-4-20-18(21-17)23-8-6-22(7-9-23)12-14-1-2-15-16(11-14)26-13-25-15/h1-4,11,24H,5-10,12-13H2,(H,19,20,21). The second-order valence-electron chi connectivity index (χ2n) is 6.34. The summed E-state index contributed by atoms with van der Waals surface area (Å²) in [6.45, 7) is 5.44. The predicted octanol–water partition coefficient (Wildman–Crippen LogP) is 0.932. The van der Waals surface area contributed by atoms with Crippen molar-refractivity contribution >= 4 is 11.8 Å². The number of hydrogen-bond donors (Lipinski definition) is 2. The zero-order valence-electron chi connectivity index (χ0n) is 14.6. The summed E-state index contributed by atoms with van der Waals surface area (Å²) in [5, 5.41) is 12.0. The van der Waals surface area contributed by atoms with E-state index in [4.69, 9.17) is 14.6 Å². The van der Waals surface area contributed by atoms with Gasteiger partial charge in [0.05, 0.1) is 6.61 Å². The third-order valence-electron chi connectivity index (χ3n) is 4.56. The van der Waals surface area contributed by atoms with Gasteiger partial charge in [-0.1, -0.05) is 6.07 Å². The van der Waals surface area contributed by atoms with Crippen LogP contribution in [0.3, 0.4) is 0 Å². The summed E-state index contributed by atoms with van der Waals surface area (Å²) in [5.41, 5.74) is 1.23. The van der Waals surface area contributed by atoms with E-state index < -0.39 is 0 Å². The topological polar surface area (TPSA) is 83.0 Å². The van der Waals surface area contributed by atoms with Crippen LogP contribution in [-0.2, 0) is 6.54 Å². The van der Waals surface area contributed by atoms with E-state index in [2.05, 4.69) is 37.2 Å². The molecular weight excluding hydrogens is 334 g/mol. The van der Waals surface area contributed by atoms with Gasteiger partial charge in [0.2, 0.25) is 12.7 Å². The van der Waals surface area contributed by atoms with E-state index in [0.717, 1.165) is 56.0 Å². The molecule has 0 amide bonds. The van der Waals surface area contributed by atoms with Crippen molar-refractivity contribution in [2.75, 3.05) is 56.3 Å². The van der Waals surface area contributed by atoms with Gasteiger partial charge in [0.1, 0.15) is 5.82 Å². The molecule has 1 saturated heterocycles. The van der Waals surface area contributed by atoms with Crippen molar-refractivity contribution in [2.24, 2.45) is 0 Å². The van der Waals surface area contributed by atoms with Gasteiger partial charge in [-0.15, -0.1) is 0 Å². The molecule has 0 saturated carbocycles. The number of fused-ring (bicyclic) bond motifs is 1. The third-order valence-corrected chi connectivity index (χ3v) is 4.56. The summed E-state index contributed by atoms with van der Waals surface area (Å²) in [4.78, 5) is 13.5. The zero-order valence-corrected chi connectivity index (χ0v) is 14.6. The van der Waals surface area contributed by atoms with Crippen molar-refractivity contribution in [1.82, 2.24) is 14.9 Å². The molecule has 0 aliphatic carbocycles. The Kier molecular flexibility index (Phi) is 5.03. The molecule has 26 heavy (non-hydrogen) atoms. The van der Waals surface area contributed by atoms with E-state index in [9.17, 15) is 0 Å². The van der Waals surface area contributed by atoms with Gasteiger partial charge >= 0.3 is 0 Å². The first-order valence-corrected chi connectivity index (χ1v) is 8.85. The highest BCUT2D eigenvalue weighted by molar-refractivity contribution is 5.44. The first-order chi connectivity index (χ1) is 12.8. The monoisotopic (exact) mass is 357 g/mol. The number of aliphatic hydroxyl groups is 1. The predicted molar refractivity (Wildman–Crippen MR) is 97.7 cm³/mol. The lowest BCUT2D eigenvalue weighted by Crippen LogP contribution is -2.46. The molecule has 1 aromatic heterocycles. The first-order valence-electron chi connectivity index (χ1n) is 8.85. The van der Waals surface area contributed by atoms with Gasteiger partial charge in [0.25, 0.3) is 0 Å². The summed E-state index contributed by atoms with van der Waals surface area (Å²) >= 11 is 0. The number of rotatable bonds is 6. The van der Waals surface area contributed by atoms with Crippen molar-refractivity contribution in [1.29, 1.82) is 0 Å². The quantitative estimate of drug-likeness (QED) is 0.790. The first kappa shape index (κ1) is 16.9. The lowest BCUT2D eigenvalue weighted by atomic mass is 10.1. The molecule has 138 valence electrons. The van der Waals surface area contributed by atoms with Crippen molar-refractivity contribution in [3.8, 4) is 11.5 Å². The van der Waals surface area contributed by atoms with Crippen LogP contribution in [-0.4, -0.2) is 66.1 Å². The molecule has 1 fully saturated rings. The molecule has 2 N–H and O–H groups in total. The number of hydrogen-bond acceptors (Lipinski definition) is 8. The maximum Gasteiger partial charge on any atom is 0.231 e. The van der Waals surface area contributed by atoms with E-state index in [0.29, 0.717) is 13.3 Å². The lowest BCUT2D eigenvalue weighted by Gasteiger charge is -2.34. The van der Waals surface area contributed by atoms with Crippen molar-refractivity contribution in [2.45, 2.75) is 6.54 Å². The maximum absolute atomic E-state index is 8.91.